The van der Waals surface area contributed by atoms with Crippen molar-refractivity contribution in [2.45, 2.75) is 13.0 Å². The molecule has 24 heavy (non-hydrogen) atoms. The van der Waals surface area contributed by atoms with E-state index in [-0.39, 0.29) is 18.3 Å². The van der Waals surface area contributed by atoms with E-state index in [4.69, 9.17) is 4.74 Å². The maximum atomic E-state index is 12.5. The summed E-state index contributed by atoms with van der Waals surface area (Å²) in [4.78, 5) is 24.1. The fourth-order valence-corrected chi connectivity index (χ4v) is 2.24. The van der Waals surface area contributed by atoms with Crippen LogP contribution in [0.1, 0.15) is 27.5 Å². The number of nitrogens with one attached hydrogen (secondary N) is 2. The first-order valence-corrected chi connectivity index (χ1v) is 7.12. The normalized spacial score (nSPS) is 11.3. The van der Waals surface area contributed by atoms with Crippen molar-refractivity contribution in [3.05, 3.63) is 47.3 Å². The number of aryl methyl sites for hydroxylation is 2. The molecule has 0 saturated carbocycles. The second-order valence-electron chi connectivity index (χ2n) is 5.18. The summed E-state index contributed by atoms with van der Waals surface area (Å²) in [6.45, 7) is 1.86. The van der Waals surface area contributed by atoms with Gasteiger partial charge in [0.25, 0.3) is 0 Å². The standard InChI is InChI=1S/C16H20N4O3.ClH/c1-10-5-6-11(16(22)23-4)7-13(10)19-15(21)14(17-2)12-8-18-20(3)9-12;/h5-9,14,17H,1-4H3,(H,19,21);1H. The number of likely N-dealkylation sites (N-methyl/N-ethyl adjacent to an activating group) is 1. The Hall–Kier alpha value is -2.38. The monoisotopic (exact) mass is 352 g/mol. The summed E-state index contributed by atoms with van der Waals surface area (Å²) < 4.78 is 6.34. The molecule has 0 saturated heterocycles. The summed E-state index contributed by atoms with van der Waals surface area (Å²) in [5, 5.41) is 9.88. The van der Waals surface area contributed by atoms with Crippen LogP contribution in [0, 0.1) is 6.92 Å². The number of ether oxygens (including phenoxy) is 1. The summed E-state index contributed by atoms with van der Waals surface area (Å²) >= 11 is 0. The Balaban J connectivity index is 0.00000288. The van der Waals surface area contributed by atoms with Gasteiger partial charge in [0, 0.05) is 24.5 Å². The number of methoxy groups -OCH3 is 1. The van der Waals surface area contributed by atoms with Gasteiger partial charge in [0.05, 0.1) is 18.9 Å². The number of esters is 1. The quantitative estimate of drug-likeness (QED) is 0.802. The lowest BCUT2D eigenvalue weighted by atomic mass is 10.1. The summed E-state index contributed by atoms with van der Waals surface area (Å²) in [5.41, 5.74) is 2.57. The van der Waals surface area contributed by atoms with Gasteiger partial charge < -0.3 is 15.4 Å². The molecular formula is C16H21ClN4O3. The number of carbonyl (C=O) groups is 2. The maximum absolute atomic E-state index is 12.5. The lowest BCUT2D eigenvalue weighted by molar-refractivity contribution is -0.118. The maximum Gasteiger partial charge on any atom is 0.337 e. The highest BCUT2D eigenvalue weighted by atomic mass is 35.5. The summed E-state index contributed by atoms with van der Waals surface area (Å²) in [6.07, 6.45) is 3.41. The Kier molecular flexibility index (Phi) is 6.94. The van der Waals surface area contributed by atoms with Gasteiger partial charge in [-0.2, -0.15) is 5.10 Å². The highest BCUT2D eigenvalue weighted by Gasteiger charge is 2.21. The number of hydrogen-bond donors (Lipinski definition) is 2. The van der Waals surface area contributed by atoms with E-state index in [0.717, 1.165) is 11.1 Å². The molecule has 0 radical (unpaired) electrons. The van der Waals surface area contributed by atoms with E-state index in [1.54, 1.807) is 49.4 Å². The van der Waals surface area contributed by atoms with Crippen molar-refractivity contribution in [2.24, 2.45) is 7.05 Å². The topological polar surface area (TPSA) is 85.2 Å². The van der Waals surface area contributed by atoms with Crippen LogP contribution in [0.5, 0.6) is 0 Å². The zero-order valence-electron chi connectivity index (χ0n) is 14.0. The van der Waals surface area contributed by atoms with Gasteiger partial charge in [-0.3, -0.25) is 9.48 Å². The molecule has 130 valence electrons. The largest absolute Gasteiger partial charge is 0.465 e. The molecule has 0 aliphatic rings. The molecule has 1 aromatic heterocycles. The van der Waals surface area contributed by atoms with Gasteiger partial charge in [0.15, 0.2) is 0 Å². The second kappa shape index (κ2) is 8.47. The van der Waals surface area contributed by atoms with E-state index in [0.29, 0.717) is 11.3 Å². The number of aromatic nitrogens is 2. The number of nitrogens with zero attached hydrogens (tertiary/aromatic N) is 2. The molecule has 0 fully saturated rings. The van der Waals surface area contributed by atoms with Crippen molar-refractivity contribution in [3.8, 4) is 0 Å². The zero-order chi connectivity index (χ0) is 17.0. The van der Waals surface area contributed by atoms with Crippen LogP contribution in [0.2, 0.25) is 0 Å². The van der Waals surface area contributed by atoms with Crippen molar-refractivity contribution in [3.63, 3.8) is 0 Å². The Morgan fingerprint density at radius 1 is 1.33 bits per heavy atom. The minimum absolute atomic E-state index is 0. The lowest BCUT2D eigenvalue weighted by Crippen LogP contribution is -2.30. The molecule has 1 heterocycles. The summed E-state index contributed by atoms with van der Waals surface area (Å²) in [7, 11) is 4.81. The van der Waals surface area contributed by atoms with Crippen LogP contribution in [-0.4, -0.2) is 35.8 Å². The van der Waals surface area contributed by atoms with Crippen molar-refractivity contribution in [1.82, 2.24) is 15.1 Å². The van der Waals surface area contributed by atoms with Crippen molar-refractivity contribution in [1.29, 1.82) is 0 Å². The highest BCUT2D eigenvalue weighted by Crippen LogP contribution is 2.20. The van der Waals surface area contributed by atoms with Gasteiger partial charge in [0.2, 0.25) is 5.91 Å². The van der Waals surface area contributed by atoms with Crippen LogP contribution in [-0.2, 0) is 16.6 Å². The van der Waals surface area contributed by atoms with E-state index >= 15 is 0 Å². The Bertz CT molecular complexity index is 730. The smallest absolute Gasteiger partial charge is 0.337 e. The van der Waals surface area contributed by atoms with Gasteiger partial charge in [0.1, 0.15) is 6.04 Å². The molecule has 2 N–H and O–H groups in total. The Morgan fingerprint density at radius 3 is 2.58 bits per heavy atom. The first kappa shape index (κ1) is 19.7. The zero-order valence-corrected chi connectivity index (χ0v) is 14.8. The molecular weight excluding hydrogens is 332 g/mol. The van der Waals surface area contributed by atoms with Gasteiger partial charge >= 0.3 is 5.97 Å². The van der Waals surface area contributed by atoms with Crippen LogP contribution in [0.4, 0.5) is 5.69 Å². The van der Waals surface area contributed by atoms with Crippen LogP contribution in [0.25, 0.3) is 0 Å². The third-order valence-corrected chi connectivity index (χ3v) is 3.53. The Morgan fingerprint density at radius 2 is 2.04 bits per heavy atom. The molecule has 0 bridgehead atoms. The summed E-state index contributed by atoms with van der Waals surface area (Å²) in [5.74, 6) is -0.677. The third-order valence-electron chi connectivity index (χ3n) is 3.53. The van der Waals surface area contributed by atoms with Gasteiger partial charge in [-0.15, -0.1) is 12.4 Å². The van der Waals surface area contributed by atoms with Gasteiger partial charge in [-0.05, 0) is 31.7 Å². The van der Waals surface area contributed by atoms with Gasteiger partial charge in [-0.1, -0.05) is 6.07 Å². The number of rotatable bonds is 5. The average molecular weight is 353 g/mol. The number of halogens is 1. The molecule has 1 atom stereocenters. The summed E-state index contributed by atoms with van der Waals surface area (Å²) in [6, 6.07) is 4.49. The van der Waals surface area contributed by atoms with E-state index in [9.17, 15) is 9.59 Å². The first-order chi connectivity index (χ1) is 11.0. The molecule has 2 aromatic rings. The SMILES string of the molecule is CNC(C(=O)Nc1cc(C(=O)OC)ccc1C)c1cnn(C)c1.Cl. The average Bonchev–Trinajstić information content (AvgIpc) is 2.95. The lowest BCUT2D eigenvalue weighted by Gasteiger charge is -2.16. The van der Waals surface area contributed by atoms with Gasteiger partial charge in [-0.25, -0.2) is 4.79 Å². The number of anilines is 1. The predicted molar refractivity (Wildman–Crippen MR) is 93.4 cm³/mol. The number of amides is 1. The predicted octanol–water partition coefficient (Wildman–Crippen LogP) is 1.84. The van der Waals surface area contributed by atoms with Crippen LogP contribution < -0.4 is 10.6 Å². The molecule has 2 rings (SSSR count). The fourth-order valence-electron chi connectivity index (χ4n) is 2.24. The minimum Gasteiger partial charge on any atom is -0.465 e. The van der Waals surface area contributed by atoms with Crippen molar-refractivity contribution < 1.29 is 14.3 Å². The molecule has 7 nitrogen and oxygen atoms in total. The van der Waals surface area contributed by atoms with E-state index in [1.165, 1.54) is 7.11 Å². The van der Waals surface area contributed by atoms with E-state index < -0.39 is 12.0 Å². The minimum atomic E-state index is -0.537. The third kappa shape index (κ3) is 4.33. The molecule has 1 aromatic carbocycles. The number of carbonyl (C=O) groups excluding carboxylic acids is 2. The van der Waals surface area contributed by atoms with Crippen molar-refractivity contribution in [2.75, 3.05) is 19.5 Å². The van der Waals surface area contributed by atoms with E-state index in [1.807, 2.05) is 6.92 Å². The molecule has 0 aliphatic carbocycles. The first-order valence-electron chi connectivity index (χ1n) is 7.12. The van der Waals surface area contributed by atoms with Crippen LogP contribution in [0.3, 0.4) is 0 Å². The molecule has 0 aliphatic heterocycles. The van der Waals surface area contributed by atoms with Crippen LogP contribution in [0.15, 0.2) is 30.6 Å². The van der Waals surface area contributed by atoms with Crippen LogP contribution >= 0.6 is 12.4 Å². The molecule has 8 heteroatoms. The molecule has 0 spiro atoms. The molecule has 1 unspecified atom stereocenters. The fraction of sp³-hybridized carbons (Fsp3) is 0.312. The Labute approximate surface area is 146 Å². The van der Waals surface area contributed by atoms with E-state index in [2.05, 4.69) is 15.7 Å². The number of hydrogen-bond acceptors (Lipinski definition) is 5. The van der Waals surface area contributed by atoms with Crippen molar-refractivity contribution >= 4 is 30.0 Å². The highest BCUT2D eigenvalue weighted by molar-refractivity contribution is 5.98. The molecule has 1 amide bonds. The number of benzene rings is 1. The second-order valence-corrected chi connectivity index (χ2v) is 5.18.